The standard InChI is InChI=1S/C24H33N5O7/c1-4-12(2)20(29-21(32)13(3)25)23(34)27-17(10-19(30)31)22(33)28-18(24(35)36)9-14-11-26-16-8-6-5-7-15(14)16/h5-8,11-13,17-18,20,26H,4,9-10,25H2,1-3H3,(H,27,34)(H,28,33)(H,29,32)(H,30,31)(H,35,36). The Labute approximate surface area is 208 Å². The van der Waals surface area contributed by atoms with Gasteiger partial charge in [0.25, 0.3) is 0 Å². The van der Waals surface area contributed by atoms with Crippen LogP contribution in [0.2, 0.25) is 0 Å². The maximum absolute atomic E-state index is 13.0. The van der Waals surface area contributed by atoms with Crippen molar-refractivity contribution in [3.8, 4) is 0 Å². The van der Waals surface area contributed by atoms with Gasteiger partial charge in [0.1, 0.15) is 18.1 Å². The zero-order valence-electron chi connectivity index (χ0n) is 20.4. The fraction of sp³-hybridized carbons (Fsp3) is 0.458. The highest BCUT2D eigenvalue weighted by Crippen LogP contribution is 2.19. The summed E-state index contributed by atoms with van der Waals surface area (Å²) in [5.74, 6) is -5.38. The molecule has 0 bridgehead atoms. The molecule has 12 nitrogen and oxygen atoms in total. The molecule has 0 aliphatic carbocycles. The lowest BCUT2D eigenvalue weighted by Crippen LogP contribution is -2.58. The molecule has 0 fully saturated rings. The normalized spacial score (nSPS) is 15.2. The zero-order valence-corrected chi connectivity index (χ0v) is 20.4. The van der Waals surface area contributed by atoms with Gasteiger partial charge in [-0.2, -0.15) is 0 Å². The van der Waals surface area contributed by atoms with E-state index in [-0.39, 0.29) is 12.3 Å². The maximum atomic E-state index is 13.0. The second kappa shape index (κ2) is 12.7. The van der Waals surface area contributed by atoms with Gasteiger partial charge in [-0.3, -0.25) is 19.2 Å². The Hall–Kier alpha value is -3.93. The first kappa shape index (κ1) is 28.3. The molecule has 5 unspecified atom stereocenters. The van der Waals surface area contributed by atoms with Crippen LogP contribution >= 0.6 is 0 Å². The first-order valence-corrected chi connectivity index (χ1v) is 11.6. The highest BCUT2D eigenvalue weighted by molar-refractivity contribution is 5.96. The number of aromatic amines is 1. The van der Waals surface area contributed by atoms with E-state index in [0.717, 1.165) is 10.9 Å². The number of benzene rings is 1. The summed E-state index contributed by atoms with van der Waals surface area (Å²) in [5.41, 5.74) is 7.01. The van der Waals surface area contributed by atoms with Crippen LogP contribution < -0.4 is 21.7 Å². The number of carboxylic acids is 2. The van der Waals surface area contributed by atoms with E-state index in [1.807, 2.05) is 12.1 Å². The Morgan fingerprint density at radius 2 is 1.58 bits per heavy atom. The van der Waals surface area contributed by atoms with Crippen molar-refractivity contribution in [3.63, 3.8) is 0 Å². The third-order valence-electron chi connectivity index (χ3n) is 5.93. The number of hydrogen-bond acceptors (Lipinski definition) is 6. The fourth-order valence-electron chi connectivity index (χ4n) is 3.62. The largest absolute Gasteiger partial charge is 0.481 e. The lowest BCUT2D eigenvalue weighted by Gasteiger charge is -2.27. The molecule has 2 aromatic rings. The summed E-state index contributed by atoms with van der Waals surface area (Å²) in [5, 5.41) is 27.0. The molecule has 1 aromatic carbocycles. The molecule has 1 aromatic heterocycles. The van der Waals surface area contributed by atoms with Crippen LogP contribution in [-0.4, -0.2) is 69.0 Å². The third kappa shape index (κ3) is 7.54. The summed E-state index contributed by atoms with van der Waals surface area (Å²) in [6, 6.07) is 2.34. The Bertz CT molecular complexity index is 1110. The molecule has 12 heteroatoms. The van der Waals surface area contributed by atoms with E-state index >= 15 is 0 Å². The molecule has 0 saturated heterocycles. The van der Waals surface area contributed by atoms with Crippen LogP contribution in [0, 0.1) is 5.92 Å². The summed E-state index contributed by atoms with van der Waals surface area (Å²) < 4.78 is 0. The molecule has 0 radical (unpaired) electrons. The van der Waals surface area contributed by atoms with Gasteiger partial charge < -0.3 is 36.9 Å². The minimum atomic E-state index is -1.57. The van der Waals surface area contributed by atoms with Crippen LogP contribution in [0.5, 0.6) is 0 Å². The quantitative estimate of drug-likeness (QED) is 0.199. The Morgan fingerprint density at radius 1 is 0.944 bits per heavy atom. The van der Waals surface area contributed by atoms with Gasteiger partial charge in [0, 0.05) is 23.5 Å². The van der Waals surface area contributed by atoms with E-state index in [9.17, 15) is 34.2 Å². The Morgan fingerprint density at radius 3 is 2.17 bits per heavy atom. The number of aromatic nitrogens is 1. The van der Waals surface area contributed by atoms with Crippen LogP contribution in [0.15, 0.2) is 30.5 Å². The summed E-state index contributed by atoms with van der Waals surface area (Å²) in [6.07, 6.45) is 1.28. The number of H-pyrrole nitrogens is 1. The van der Waals surface area contributed by atoms with Crippen LogP contribution in [0.3, 0.4) is 0 Å². The molecule has 3 amide bonds. The molecule has 196 valence electrons. The summed E-state index contributed by atoms with van der Waals surface area (Å²) in [7, 11) is 0. The SMILES string of the molecule is CCC(C)C(NC(=O)C(C)N)C(=O)NC(CC(=O)O)C(=O)NC(Cc1c[nH]c2ccccc12)C(=O)O. The van der Waals surface area contributed by atoms with Crippen molar-refractivity contribution in [2.45, 2.75) is 64.2 Å². The predicted octanol–water partition coefficient (Wildman–Crippen LogP) is 0.117. The fourth-order valence-corrected chi connectivity index (χ4v) is 3.62. The minimum absolute atomic E-state index is 0.0707. The third-order valence-corrected chi connectivity index (χ3v) is 5.93. The number of nitrogens with two attached hydrogens (primary N) is 1. The smallest absolute Gasteiger partial charge is 0.326 e. The second-order valence-corrected chi connectivity index (χ2v) is 8.78. The van der Waals surface area contributed by atoms with E-state index < -0.39 is 60.2 Å². The Balaban J connectivity index is 2.20. The molecule has 2 rings (SSSR count). The van der Waals surface area contributed by atoms with Crippen LogP contribution in [0.25, 0.3) is 10.9 Å². The average Bonchev–Trinajstić information content (AvgIpc) is 3.23. The van der Waals surface area contributed by atoms with Gasteiger partial charge in [-0.15, -0.1) is 0 Å². The van der Waals surface area contributed by atoms with Gasteiger partial charge in [0.05, 0.1) is 12.5 Å². The lowest BCUT2D eigenvalue weighted by molar-refractivity contribution is -0.143. The van der Waals surface area contributed by atoms with E-state index in [0.29, 0.717) is 12.0 Å². The first-order valence-electron chi connectivity index (χ1n) is 11.6. The minimum Gasteiger partial charge on any atom is -0.481 e. The highest BCUT2D eigenvalue weighted by atomic mass is 16.4. The second-order valence-electron chi connectivity index (χ2n) is 8.78. The number of carbonyl (C=O) groups is 5. The number of carbonyl (C=O) groups excluding carboxylic acids is 3. The molecule has 8 N–H and O–H groups in total. The summed E-state index contributed by atoms with van der Waals surface area (Å²) >= 11 is 0. The molecular weight excluding hydrogens is 470 g/mol. The molecule has 5 atom stereocenters. The predicted molar refractivity (Wildman–Crippen MR) is 131 cm³/mol. The van der Waals surface area contributed by atoms with Crippen molar-refractivity contribution in [1.82, 2.24) is 20.9 Å². The molecule has 1 heterocycles. The summed E-state index contributed by atoms with van der Waals surface area (Å²) in [4.78, 5) is 64.3. The van der Waals surface area contributed by atoms with E-state index in [2.05, 4.69) is 20.9 Å². The Kier molecular flexibility index (Phi) is 9.97. The number of aliphatic carboxylic acids is 2. The van der Waals surface area contributed by atoms with Crippen LogP contribution in [0.1, 0.15) is 39.2 Å². The van der Waals surface area contributed by atoms with Gasteiger partial charge in [0.2, 0.25) is 17.7 Å². The topological polar surface area (TPSA) is 204 Å². The van der Waals surface area contributed by atoms with Crippen molar-refractivity contribution in [3.05, 3.63) is 36.0 Å². The van der Waals surface area contributed by atoms with Crippen molar-refractivity contribution in [2.24, 2.45) is 11.7 Å². The molecule has 0 aliphatic heterocycles. The number of para-hydroxylation sites is 1. The highest BCUT2D eigenvalue weighted by Gasteiger charge is 2.33. The first-order chi connectivity index (χ1) is 16.9. The van der Waals surface area contributed by atoms with Gasteiger partial charge in [-0.1, -0.05) is 38.5 Å². The number of carboxylic acid groups (broad SMARTS) is 2. The van der Waals surface area contributed by atoms with Crippen molar-refractivity contribution in [2.75, 3.05) is 0 Å². The number of amides is 3. The van der Waals surface area contributed by atoms with Crippen molar-refractivity contribution < 1.29 is 34.2 Å². The zero-order chi connectivity index (χ0) is 27.0. The molecule has 0 aliphatic rings. The van der Waals surface area contributed by atoms with Gasteiger partial charge in [0.15, 0.2) is 0 Å². The number of rotatable bonds is 13. The van der Waals surface area contributed by atoms with Crippen molar-refractivity contribution >= 4 is 40.6 Å². The van der Waals surface area contributed by atoms with Crippen LogP contribution in [0.4, 0.5) is 0 Å². The number of hydrogen-bond donors (Lipinski definition) is 7. The average molecular weight is 504 g/mol. The van der Waals surface area contributed by atoms with E-state index in [1.54, 1.807) is 32.2 Å². The molecule has 0 saturated carbocycles. The molecule has 0 spiro atoms. The van der Waals surface area contributed by atoms with E-state index in [1.165, 1.54) is 6.92 Å². The lowest BCUT2D eigenvalue weighted by atomic mass is 9.97. The maximum Gasteiger partial charge on any atom is 0.326 e. The van der Waals surface area contributed by atoms with Gasteiger partial charge >= 0.3 is 11.9 Å². The van der Waals surface area contributed by atoms with Crippen molar-refractivity contribution in [1.29, 1.82) is 0 Å². The molecule has 36 heavy (non-hydrogen) atoms. The number of fused-ring (bicyclic) bond motifs is 1. The molecular formula is C24H33N5O7. The number of nitrogens with one attached hydrogen (secondary N) is 4. The van der Waals surface area contributed by atoms with Gasteiger partial charge in [-0.25, -0.2) is 4.79 Å². The van der Waals surface area contributed by atoms with E-state index in [4.69, 9.17) is 5.73 Å². The van der Waals surface area contributed by atoms with Gasteiger partial charge in [-0.05, 0) is 24.5 Å². The van der Waals surface area contributed by atoms with Crippen LogP contribution in [-0.2, 0) is 30.4 Å². The summed E-state index contributed by atoms with van der Waals surface area (Å²) in [6.45, 7) is 4.95. The monoisotopic (exact) mass is 503 g/mol.